The minimum atomic E-state index is -0.813. The third-order valence-electron chi connectivity index (χ3n) is 2.50. The molecule has 1 heterocycles. The molecule has 13 heavy (non-hydrogen) atoms. The summed E-state index contributed by atoms with van der Waals surface area (Å²) < 4.78 is 0. The Morgan fingerprint density at radius 1 is 1.69 bits per heavy atom. The van der Waals surface area contributed by atoms with E-state index in [4.69, 9.17) is 5.11 Å². The number of carboxylic acids is 1. The van der Waals surface area contributed by atoms with Crippen LogP contribution in [0, 0.1) is 5.92 Å². The maximum Gasteiger partial charge on any atom is 0.330 e. The molecule has 1 N–H and O–H groups in total. The molecular weight excluding hydrogens is 166 g/mol. The van der Waals surface area contributed by atoms with Crippen LogP contribution in [0.2, 0.25) is 0 Å². The highest BCUT2D eigenvalue weighted by molar-refractivity contribution is 5.85. The molecule has 1 fully saturated rings. The molecule has 1 atom stereocenters. The van der Waals surface area contributed by atoms with Crippen molar-refractivity contribution in [2.75, 3.05) is 19.6 Å². The third-order valence-corrected chi connectivity index (χ3v) is 2.50. The molecule has 0 aromatic carbocycles. The van der Waals surface area contributed by atoms with E-state index in [1.54, 1.807) is 13.0 Å². The second-order valence-corrected chi connectivity index (χ2v) is 3.85. The lowest BCUT2D eigenvalue weighted by atomic mass is 10.2. The highest BCUT2D eigenvalue weighted by Gasteiger charge is 2.17. The molecule has 1 aliphatic rings. The van der Waals surface area contributed by atoms with Gasteiger partial charge in [0.2, 0.25) is 0 Å². The average Bonchev–Trinajstić information content (AvgIpc) is 2.47. The zero-order valence-corrected chi connectivity index (χ0v) is 8.29. The Bertz CT molecular complexity index is 223. The van der Waals surface area contributed by atoms with Gasteiger partial charge in [-0.1, -0.05) is 13.0 Å². The van der Waals surface area contributed by atoms with Crippen LogP contribution < -0.4 is 0 Å². The maximum atomic E-state index is 10.5. The van der Waals surface area contributed by atoms with E-state index >= 15 is 0 Å². The monoisotopic (exact) mass is 183 g/mol. The number of hydrogen-bond donors (Lipinski definition) is 1. The molecule has 74 valence electrons. The van der Waals surface area contributed by atoms with Gasteiger partial charge in [-0.25, -0.2) is 4.79 Å². The van der Waals surface area contributed by atoms with Crippen LogP contribution in [0.15, 0.2) is 11.6 Å². The Morgan fingerprint density at radius 2 is 2.38 bits per heavy atom. The molecule has 0 saturated carbocycles. The number of hydrogen-bond acceptors (Lipinski definition) is 2. The van der Waals surface area contributed by atoms with E-state index in [2.05, 4.69) is 11.8 Å². The molecule has 0 aromatic heterocycles. The van der Waals surface area contributed by atoms with Gasteiger partial charge < -0.3 is 5.11 Å². The molecule has 0 bridgehead atoms. The lowest BCUT2D eigenvalue weighted by Gasteiger charge is -2.11. The first-order valence-electron chi connectivity index (χ1n) is 4.72. The summed E-state index contributed by atoms with van der Waals surface area (Å²) in [7, 11) is 0. The lowest BCUT2D eigenvalue weighted by Crippen LogP contribution is -2.20. The quantitative estimate of drug-likeness (QED) is 0.672. The van der Waals surface area contributed by atoms with Gasteiger partial charge in [0.15, 0.2) is 0 Å². The highest BCUT2D eigenvalue weighted by atomic mass is 16.4. The zero-order chi connectivity index (χ0) is 9.84. The predicted molar refractivity (Wildman–Crippen MR) is 51.6 cm³/mol. The first kappa shape index (κ1) is 10.3. The van der Waals surface area contributed by atoms with Gasteiger partial charge in [0.25, 0.3) is 0 Å². The molecule has 0 amide bonds. The summed E-state index contributed by atoms with van der Waals surface area (Å²) in [6.45, 7) is 6.85. The van der Waals surface area contributed by atoms with E-state index < -0.39 is 5.97 Å². The molecule has 0 radical (unpaired) electrons. The molecule has 3 nitrogen and oxygen atoms in total. The van der Waals surface area contributed by atoms with Crippen molar-refractivity contribution >= 4 is 5.97 Å². The van der Waals surface area contributed by atoms with Crippen LogP contribution in [0.1, 0.15) is 20.3 Å². The van der Waals surface area contributed by atoms with Crippen molar-refractivity contribution in [3.05, 3.63) is 11.6 Å². The van der Waals surface area contributed by atoms with Crippen molar-refractivity contribution in [1.29, 1.82) is 0 Å². The van der Waals surface area contributed by atoms with Crippen molar-refractivity contribution in [2.24, 2.45) is 5.92 Å². The Kier molecular flexibility index (Phi) is 3.48. The summed E-state index contributed by atoms with van der Waals surface area (Å²) in [6.07, 6.45) is 3.03. The van der Waals surface area contributed by atoms with Gasteiger partial charge in [-0.2, -0.15) is 0 Å². The largest absolute Gasteiger partial charge is 0.478 e. The van der Waals surface area contributed by atoms with Crippen LogP contribution >= 0.6 is 0 Å². The lowest BCUT2D eigenvalue weighted by molar-refractivity contribution is -0.132. The fraction of sp³-hybridized carbons (Fsp3) is 0.700. The third kappa shape index (κ3) is 3.19. The highest BCUT2D eigenvalue weighted by Crippen LogP contribution is 2.14. The van der Waals surface area contributed by atoms with Crippen LogP contribution in [0.3, 0.4) is 0 Å². The predicted octanol–water partition coefficient (Wildman–Crippen LogP) is 1.36. The first-order chi connectivity index (χ1) is 6.09. The number of nitrogens with zero attached hydrogens (tertiary/aromatic N) is 1. The summed E-state index contributed by atoms with van der Waals surface area (Å²) in [4.78, 5) is 12.8. The minimum absolute atomic E-state index is 0.444. The minimum Gasteiger partial charge on any atom is -0.478 e. The standard InChI is InChI=1S/C10H17NO2/c1-8-3-5-11(7-8)6-4-9(2)10(12)13/h4,8H,3,5-7H2,1-2H3,(H,12,13). The van der Waals surface area contributed by atoms with E-state index in [9.17, 15) is 4.79 Å². The van der Waals surface area contributed by atoms with Gasteiger partial charge in [0, 0.05) is 18.7 Å². The van der Waals surface area contributed by atoms with Crippen LogP contribution in [0.5, 0.6) is 0 Å². The van der Waals surface area contributed by atoms with Crippen LogP contribution in [0.25, 0.3) is 0 Å². The van der Waals surface area contributed by atoms with Gasteiger partial charge in [-0.3, -0.25) is 4.90 Å². The van der Waals surface area contributed by atoms with E-state index in [0.717, 1.165) is 25.6 Å². The van der Waals surface area contributed by atoms with Crippen molar-refractivity contribution in [3.8, 4) is 0 Å². The molecule has 0 spiro atoms. The topological polar surface area (TPSA) is 40.5 Å². The van der Waals surface area contributed by atoms with Gasteiger partial charge >= 0.3 is 5.97 Å². The summed E-state index contributed by atoms with van der Waals surface area (Å²) in [6, 6.07) is 0. The van der Waals surface area contributed by atoms with Gasteiger partial charge in [0.1, 0.15) is 0 Å². The summed E-state index contributed by atoms with van der Waals surface area (Å²) in [5, 5.41) is 8.62. The van der Waals surface area contributed by atoms with Gasteiger partial charge in [0.05, 0.1) is 0 Å². The van der Waals surface area contributed by atoms with Crippen LogP contribution in [-0.4, -0.2) is 35.6 Å². The van der Waals surface area contributed by atoms with Crippen molar-refractivity contribution in [1.82, 2.24) is 4.90 Å². The zero-order valence-electron chi connectivity index (χ0n) is 8.29. The molecule has 3 heteroatoms. The van der Waals surface area contributed by atoms with Gasteiger partial charge in [-0.05, 0) is 25.8 Å². The Hall–Kier alpha value is -0.830. The van der Waals surface area contributed by atoms with Gasteiger partial charge in [-0.15, -0.1) is 0 Å². The molecular formula is C10H17NO2. The van der Waals surface area contributed by atoms with E-state index in [-0.39, 0.29) is 0 Å². The number of carboxylic acid groups (broad SMARTS) is 1. The second-order valence-electron chi connectivity index (χ2n) is 3.85. The number of carbonyl (C=O) groups is 1. The van der Waals surface area contributed by atoms with E-state index in [1.165, 1.54) is 6.42 Å². The van der Waals surface area contributed by atoms with E-state index in [0.29, 0.717) is 5.57 Å². The van der Waals surface area contributed by atoms with Crippen LogP contribution in [-0.2, 0) is 4.79 Å². The normalized spacial score (nSPS) is 25.1. The van der Waals surface area contributed by atoms with Crippen molar-refractivity contribution < 1.29 is 9.90 Å². The Labute approximate surface area is 79.0 Å². The van der Waals surface area contributed by atoms with Crippen LogP contribution in [0.4, 0.5) is 0 Å². The number of likely N-dealkylation sites (tertiary alicyclic amines) is 1. The molecule has 1 unspecified atom stereocenters. The Morgan fingerprint density at radius 3 is 2.85 bits per heavy atom. The Balaban J connectivity index is 2.34. The average molecular weight is 183 g/mol. The summed E-state index contributed by atoms with van der Waals surface area (Å²) in [5.41, 5.74) is 0.444. The molecule has 1 aliphatic heterocycles. The van der Waals surface area contributed by atoms with Crippen molar-refractivity contribution in [3.63, 3.8) is 0 Å². The summed E-state index contributed by atoms with van der Waals surface area (Å²) >= 11 is 0. The summed E-state index contributed by atoms with van der Waals surface area (Å²) in [5.74, 6) is -0.0502. The molecule has 1 saturated heterocycles. The van der Waals surface area contributed by atoms with E-state index in [1.807, 2.05) is 0 Å². The number of rotatable bonds is 3. The molecule has 1 rings (SSSR count). The smallest absolute Gasteiger partial charge is 0.330 e. The second kappa shape index (κ2) is 4.42. The first-order valence-corrected chi connectivity index (χ1v) is 4.72. The fourth-order valence-corrected chi connectivity index (χ4v) is 1.55. The van der Waals surface area contributed by atoms with Crippen molar-refractivity contribution in [2.45, 2.75) is 20.3 Å². The fourth-order valence-electron chi connectivity index (χ4n) is 1.55. The molecule has 0 aromatic rings. The SMILES string of the molecule is CC(=CCN1CCC(C)C1)C(=O)O. The number of aliphatic carboxylic acids is 1. The maximum absolute atomic E-state index is 10.5. The molecule has 0 aliphatic carbocycles.